The van der Waals surface area contributed by atoms with Crippen LogP contribution in [-0.4, -0.2) is 40.8 Å². The number of likely N-dealkylation sites (tertiary alicyclic amines) is 1. The van der Waals surface area contributed by atoms with Crippen molar-refractivity contribution >= 4 is 18.2 Å². The number of nitrogens with zero attached hydrogens (tertiary/aromatic N) is 1. The van der Waals surface area contributed by atoms with E-state index in [1.807, 2.05) is 12.2 Å². The van der Waals surface area contributed by atoms with Gasteiger partial charge in [-0.25, -0.2) is 0 Å². The Balaban J connectivity index is 2.24. The Morgan fingerprint density at radius 1 is 1.47 bits per heavy atom. The summed E-state index contributed by atoms with van der Waals surface area (Å²) in [6.07, 6.45) is 6.97. The molecule has 0 saturated carbocycles. The van der Waals surface area contributed by atoms with Crippen molar-refractivity contribution in [2.24, 2.45) is 0 Å². The van der Waals surface area contributed by atoms with Crippen LogP contribution in [0.25, 0.3) is 0 Å². The van der Waals surface area contributed by atoms with E-state index in [4.69, 9.17) is 5.11 Å². The summed E-state index contributed by atoms with van der Waals surface area (Å²) in [4.78, 5) is 33.9. The molecule has 1 rings (SSSR count). The zero-order valence-electron chi connectivity index (χ0n) is 9.67. The molecule has 0 spiro atoms. The number of amides is 1. The van der Waals surface area contributed by atoms with E-state index in [0.717, 1.165) is 6.29 Å². The summed E-state index contributed by atoms with van der Waals surface area (Å²) in [6.45, 7) is 0.440. The molecule has 1 heterocycles. The largest absolute Gasteiger partial charge is 0.481 e. The van der Waals surface area contributed by atoms with Crippen LogP contribution in [-0.2, 0) is 14.4 Å². The minimum absolute atomic E-state index is 0.0114. The van der Waals surface area contributed by atoms with E-state index in [9.17, 15) is 14.4 Å². The lowest BCUT2D eigenvalue weighted by Crippen LogP contribution is -2.33. The first-order chi connectivity index (χ1) is 8.15. The molecule has 1 unspecified atom stereocenters. The fourth-order valence-electron chi connectivity index (χ4n) is 1.81. The van der Waals surface area contributed by atoms with Gasteiger partial charge in [-0.2, -0.15) is 0 Å². The van der Waals surface area contributed by atoms with Crippen molar-refractivity contribution in [1.82, 2.24) is 4.90 Å². The monoisotopic (exact) mass is 239 g/mol. The third kappa shape index (κ3) is 4.38. The number of hydrogen-bond donors (Lipinski definition) is 1. The predicted molar refractivity (Wildman–Crippen MR) is 61.4 cm³/mol. The van der Waals surface area contributed by atoms with Gasteiger partial charge in [0, 0.05) is 19.4 Å². The Bertz CT molecular complexity index is 324. The van der Waals surface area contributed by atoms with Gasteiger partial charge >= 0.3 is 5.97 Å². The SMILES string of the molecule is O=CC1CCC(=O)N1C/C=C\CCCC(=O)O. The summed E-state index contributed by atoms with van der Waals surface area (Å²) in [5, 5.41) is 8.43. The molecule has 94 valence electrons. The number of carboxylic acid groups (broad SMARTS) is 1. The normalized spacial score (nSPS) is 20.1. The molecule has 17 heavy (non-hydrogen) atoms. The van der Waals surface area contributed by atoms with E-state index in [0.29, 0.717) is 32.2 Å². The topological polar surface area (TPSA) is 74.7 Å². The maximum atomic E-state index is 11.4. The molecule has 0 aromatic rings. The molecule has 1 atom stereocenters. The molecule has 1 N–H and O–H groups in total. The summed E-state index contributed by atoms with van der Waals surface area (Å²) >= 11 is 0. The molecule has 1 fully saturated rings. The maximum absolute atomic E-state index is 11.4. The average Bonchev–Trinajstić information content (AvgIpc) is 2.64. The number of hydrogen-bond acceptors (Lipinski definition) is 3. The lowest BCUT2D eigenvalue weighted by Gasteiger charge is -2.18. The fraction of sp³-hybridized carbons (Fsp3) is 0.583. The van der Waals surface area contributed by atoms with Gasteiger partial charge in [-0.1, -0.05) is 12.2 Å². The summed E-state index contributed by atoms with van der Waals surface area (Å²) in [5.74, 6) is -0.786. The van der Waals surface area contributed by atoms with Crippen LogP contribution in [0.15, 0.2) is 12.2 Å². The lowest BCUT2D eigenvalue weighted by molar-refractivity contribution is -0.137. The van der Waals surface area contributed by atoms with Crippen molar-refractivity contribution < 1.29 is 19.5 Å². The third-order valence-electron chi connectivity index (χ3n) is 2.76. The molecule has 0 radical (unpaired) electrons. The van der Waals surface area contributed by atoms with E-state index in [1.54, 1.807) is 4.90 Å². The smallest absolute Gasteiger partial charge is 0.303 e. The zero-order valence-corrected chi connectivity index (χ0v) is 9.67. The van der Waals surface area contributed by atoms with E-state index >= 15 is 0 Å². The molecule has 0 bridgehead atoms. The second kappa shape index (κ2) is 6.83. The molecule has 1 saturated heterocycles. The molecular formula is C12H17NO4. The molecule has 0 aromatic carbocycles. The van der Waals surface area contributed by atoms with Crippen molar-refractivity contribution in [3.8, 4) is 0 Å². The van der Waals surface area contributed by atoms with Gasteiger partial charge in [0.15, 0.2) is 0 Å². The van der Waals surface area contributed by atoms with Gasteiger partial charge in [0.2, 0.25) is 5.91 Å². The molecule has 0 aromatic heterocycles. The van der Waals surface area contributed by atoms with E-state index in [1.165, 1.54) is 0 Å². The Labute approximate surface area is 100 Å². The number of aliphatic carboxylic acids is 1. The van der Waals surface area contributed by atoms with Crippen molar-refractivity contribution in [2.75, 3.05) is 6.54 Å². The number of unbranched alkanes of at least 4 members (excludes halogenated alkanes) is 1. The Hall–Kier alpha value is -1.65. The van der Waals surface area contributed by atoms with Crippen LogP contribution in [0.4, 0.5) is 0 Å². The Morgan fingerprint density at radius 3 is 2.88 bits per heavy atom. The summed E-state index contributed by atoms with van der Waals surface area (Å²) < 4.78 is 0. The van der Waals surface area contributed by atoms with E-state index < -0.39 is 5.97 Å². The van der Waals surface area contributed by atoms with Crippen LogP contribution in [0.2, 0.25) is 0 Å². The summed E-state index contributed by atoms with van der Waals surface area (Å²) in [6, 6.07) is -0.286. The van der Waals surface area contributed by atoms with Crippen LogP contribution in [0.3, 0.4) is 0 Å². The van der Waals surface area contributed by atoms with Crippen LogP contribution in [0, 0.1) is 0 Å². The molecule has 1 aliphatic rings. The second-order valence-electron chi connectivity index (χ2n) is 4.05. The van der Waals surface area contributed by atoms with Crippen LogP contribution < -0.4 is 0 Å². The molecule has 1 amide bonds. The van der Waals surface area contributed by atoms with Crippen LogP contribution in [0.5, 0.6) is 0 Å². The van der Waals surface area contributed by atoms with Crippen molar-refractivity contribution in [2.45, 2.75) is 38.1 Å². The first kappa shape index (κ1) is 13.4. The number of carbonyl (C=O) groups excluding carboxylic acids is 2. The molecule has 0 aliphatic carbocycles. The quantitative estimate of drug-likeness (QED) is 0.408. The van der Waals surface area contributed by atoms with Gasteiger partial charge in [0.1, 0.15) is 6.29 Å². The summed E-state index contributed by atoms with van der Waals surface area (Å²) in [5.41, 5.74) is 0. The standard InChI is InChI=1S/C12H17NO4/c14-9-10-6-7-11(15)13(10)8-4-2-1-3-5-12(16)17/h2,4,9-10H,1,3,5-8H2,(H,16,17)/b4-2-. The summed E-state index contributed by atoms with van der Waals surface area (Å²) in [7, 11) is 0. The van der Waals surface area contributed by atoms with E-state index in [-0.39, 0.29) is 18.4 Å². The highest BCUT2D eigenvalue weighted by Crippen LogP contribution is 2.16. The predicted octanol–water partition coefficient (Wildman–Crippen LogP) is 0.987. The first-order valence-corrected chi connectivity index (χ1v) is 5.76. The first-order valence-electron chi connectivity index (χ1n) is 5.76. The van der Waals surface area contributed by atoms with Gasteiger partial charge < -0.3 is 14.8 Å². The minimum Gasteiger partial charge on any atom is -0.481 e. The molecule has 5 nitrogen and oxygen atoms in total. The number of allylic oxidation sites excluding steroid dienone is 1. The van der Waals surface area contributed by atoms with E-state index in [2.05, 4.69) is 0 Å². The van der Waals surface area contributed by atoms with Gasteiger partial charge in [0.25, 0.3) is 0 Å². The fourth-order valence-corrected chi connectivity index (χ4v) is 1.81. The highest BCUT2D eigenvalue weighted by molar-refractivity contribution is 5.83. The zero-order chi connectivity index (χ0) is 12.7. The third-order valence-corrected chi connectivity index (χ3v) is 2.76. The van der Waals surface area contributed by atoms with Crippen molar-refractivity contribution in [1.29, 1.82) is 0 Å². The average molecular weight is 239 g/mol. The number of rotatable bonds is 7. The highest BCUT2D eigenvalue weighted by atomic mass is 16.4. The Kier molecular flexibility index (Phi) is 5.39. The molecular weight excluding hydrogens is 222 g/mol. The van der Waals surface area contributed by atoms with Crippen molar-refractivity contribution in [3.05, 3.63) is 12.2 Å². The minimum atomic E-state index is -0.797. The molecule has 5 heteroatoms. The number of carbonyl (C=O) groups is 3. The second-order valence-corrected chi connectivity index (χ2v) is 4.05. The van der Waals surface area contributed by atoms with Gasteiger partial charge in [-0.05, 0) is 19.3 Å². The van der Waals surface area contributed by atoms with Gasteiger partial charge in [0.05, 0.1) is 6.04 Å². The lowest BCUT2D eigenvalue weighted by atomic mass is 10.2. The number of aldehydes is 1. The van der Waals surface area contributed by atoms with Gasteiger partial charge in [-0.3, -0.25) is 9.59 Å². The molecule has 1 aliphatic heterocycles. The Morgan fingerprint density at radius 2 is 2.24 bits per heavy atom. The van der Waals surface area contributed by atoms with Crippen LogP contribution >= 0.6 is 0 Å². The maximum Gasteiger partial charge on any atom is 0.303 e. The number of carboxylic acids is 1. The van der Waals surface area contributed by atoms with Crippen LogP contribution in [0.1, 0.15) is 32.1 Å². The van der Waals surface area contributed by atoms with Crippen molar-refractivity contribution in [3.63, 3.8) is 0 Å². The van der Waals surface area contributed by atoms with Gasteiger partial charge in [-0.15, -0.1) is 0 Å². The highest BCUT2D eigenvalue weighted by Gasteiger charge is 2.29.